The SMILES string of the molecule is CCCC1(O)CN(C(=O)c2csc(-c3ccsc3)n2)C1. The van der Waals surface area contributed by atoms with Crippen LogP contribution in [0.2, 0.25) is 0 Å². The molecule has 0 bridgehead atoms. The predicted octanol–water partition coefficient (Wildman–Crippen LogP) is 2.86. The molecule has 0 saturated carbocycles. The van der Waals surface area contributed by atoms with Crippen LogP contribution in [0.4, 0.5) is 0 Å². The molecule has 4 nitrogen and oxygen atoms in total. The molecule has 1 N–H and O–H groups in total. The highest BCUT2D eigenvalue weighted by Gasteiger charge is 2.43. The van der Waals surface area contributed by atoms with Crippen LogP contribution in [0.1, 0.15) is 30.3 Å². The summed E-state index contributed by atoms with van der Waals surface area (Å²) in [7, 11) is 0. The molecule has 1 saturated heterocycles. The van der Waals surface area contributed by atoms with Gasteiger partial charge < -0.3 is 10.0 Å². The predicted molar refractivity (Wildman–Crippen MR) is 81.2 cm³/mol. The number of carbonyl (C=O) groups is 1. The number of rotatable bonds is 4. The second kappa shape index (κ2) is 5.27. The van der Waals surface area contributed by atoms with Crippen LogP contribution in [0.25, 0.3) is 10.6 Å². The molecular formula is C14H16N2O2S2. The molecule has 106 valence electrons. The van der Waals surface area contributed by atoms with Gasteiger partial charge in [0.15, 0.2) is 0 Å². The number of hydrogen-bond donors (Lipinski definition) is 1. The first-order valence-corrected chi connectivity index (χ1v) is 8.43. The Morgan fingerprint density at radius 2 is 2.30 bits per heavy atom. The summed E-state index contributed by atoms with van der Waals surface area (Å²) in [5.41, 5.74) is 0.858. The summed E-state index contributed by atoms with van der Waals surface area (Å²) in [6.07, 6.45) is 1.67. The van der Waals surface area contributed by atoms with Crippen LogP contribution in [0.3, 0.4) is 0 Å². The smallest absolute Gasteiger partial charge is 0.273 e. The zero-order valence-corrected chi connectivity index (χ0v) is 12.8. The molecule has 0 spiro atoms. The van der Waals surface area contributed by atoms with Crippen molar-refractivity contribution in [2.75, 3.05) is 13.1 Å². The van der Waals surface area contributed by atoms with E-state index in [1.165, 1.54) is 11.3 Å². The van der Waals surface area contributed by atoms with Gasteiger partial charge in [-0.1, -0.05) is 13.3 Å². The van der Waals surface area contributed by atoms with Crippen molar-refractivity contribution in [1.29, 1.82) is 0 Å². The Morgan fingerprint density at radius 1 is 1.50 bits per heavy atom. The Kier molecular flexibility index (Phi) is 3.62. The Hall–Kier alpha value is -1.24. The van der Waals surface area contributed by atoms with E-state index in [9.17, 15) is 9.90 Å². The number of thiophene rings is 1. The average Bonchev–Trinajstić information content (AvgIpc) is 3.05. The fourth-order valence-electron chi connectivity index (χ4n) is 2.48. The van der Waals surface area contributed by atoms with Gasteiger partial charge in [0.2, 0.25) is 0 Å². The quantitative estimate of drug-likeness (QED) is 0.945. The number of nitrogens with zero attached hydrogens (tertiary/aromatic N) is 2. The number of likely N-dealkylation sites (tertiary alicyclic amines) is 1. The lowest BCUT2D eigenvalue weighted by molar-refractivity contribution is -0.0861. The van der Waals surface area contributed by atoms with Crippen molar-refractivity contribution in [3.05, 3.63) is 27.9 Å². The van der Waals surface area contributed by atoms with E-state index in [1.54, 1.807) is 21.6 Å². The van der Waals surface area contributed by atoms with E-state index in [0.29, 0.717) is 18.8 Å². The molecule has 0 aliphatic carbocycles. The van der Waals surface area contributed by atoms with Gasteiger partial charge in [0, 0.05) is 16.3 Å². The maximum absolute atomic E-state index is 12.3. The summed E-state index contributed by atoms with van der Waals surface area (Å²) in [4.78, 5) is 18.3. The highest BCUT2D eigenvalue weighted by molar-refractivity contribution is 7.14. The molecule has 2 aromatic rings. The topological polar surface area (TPSA) is 53.4 Å². The van der Waals surface area contributed by atoms with Crippen LogP contribution >= 0.6 is 22.7 Å². The van der Waals surface area contributed by atoms with E-state index in [4.69, 9.17) is 0 Å². The summed E-state index contributed by atoms with van der Waals surface area (Å²) in [6, 6.07) is 2.00. The van der Waals surface area contributed by atoms with Gasteiger partial charge in [0.25, 0.3) is 5.91 Å². The van der Waals surface area contributed by atoms with E-state index in [2.05, 4.69) is 4.98 Å². The van der Waals surface area contributed by atoms with Crippen LogP contribution in [-0.2, 0) is 0 Å². The lowest BCUT2D eigenvalue weighted by Crippen LogP contribution is -2.63. The molecule has 20 heavy (non-hydrogen) atoms. The molecule has 2 aromatic heterocycles. The molecule has 1 aliphatic rings. The van der Waals surface area contributed by atoms with Gasteiger partial charge >= 0.3 is 0 Å². The van der Waals surface area contributed by atoms with Crippen LogP contribution in [0, 0.1) is 0 Å². The molecule has 0 aromatic carbocycles. The molecule has 1 aliphatic heterocycles. The normalized spacial score (nSPS) is 17.0. The van der Waals surface area contributed by atoms with E-state index in [1.807, 2.05) is 23.8 Å². The van der Waals surface area contributed by atoms with Gasteiger partial charge in [-0.15, -0.1) is 11.3 Å². The Balaban J connectivity index is 1.67. The van der Waals surface area contributed by atoms with E-state index >= 15 is 0 Å². The maximum Gasteiger partial charge on any atom is 0.273 e. The largest absolute Gasteiger partial charge is 0.386 e. The summed E-state index contributed by atoms with van der Waals surface area (Å²) in [5, 5.41) is 16.8. The van der Waals surface area contributed by atoms with Gasteiger partial charge in [0.1, 0.15) is 10.7 Å². The first-order chi connectivity index (χ1) is 9.61. The minimum absolute atomic E-state index is 0.0801. The number of β-amino-alcohol motifs (C(OH)–C–C–N with tert-alkyl or cyclic N) is 1. The van der Waals surface area contributed by atoms with Gasteiger partial charge in [-0.25, -0.2) is 4.98 Å². The van der Waals surface area contributed by atoms with Gasteiger partial charge in [-0.05, 0) is 17.9 Å². The van der Waals surface area contributed by atoms with Gasteiger partial charge in [-0.3, -0.25) is 4.79 Å². The van der Waals surface area contributed by atoms with E-state index in [-0.39, 0.29) is 5.91 Å². The number of aromatic nitrogens is 1. The van der Waals surface area contributed by atoms with Crippen molar-refractivity contribution in [1.82, 2.24) is 9.88 Å². The minimum Gasteiger partial charge on any atom is -0.386 e. The lowest BCUT2D eigenvalue weighted by atomic mass is 9.89. The van der Waals surface area contributed by atoms with Crippen LogP contribution < -0.4 is 0 Å². The van der Waals surface area contributed by atoms with E-state index < -0.39 is 5.60 Å². The van der Waals surface area contributed by atoms with Crippen molar-refractivity contribution in [2.45, 2.75) is 25.4 Å². The Morgan fingerprint density at radius 3 is 2.95 bits per heavy atom. The third-order valence-corrected chi connectivity index (χ3v) is 5.04. The van der Waals surface area contributed by atoms with Crippen LogP contribution in [-0.4, -0.2) is 39.6 Å². The highest BCUT2D eigenvalue weighted by Crippen LogP contribution is 2.30. The van der Waals surface area contributed by atoms with Crippen LogP contribution in [0.15, 0.2) is 22.2 Å². The number of thiazole rings is 1. The zero-order valence-electron chi connectivity index (χ0n) is 11.2. The summed E-state index contributed by atoms with van der Waals surface area (Å²) in [6.45, 7) is 2.88. The first kappa shape index (κ1) is 13.7. The Bertz CT molecular complexity index is 600. The van der Waals surface area contributed by atoms with Crippen molar-refractivity contribution in [2.24, 2.45) is 0 Å². The van der Waals surface area contributed by atoms with E-state index in [0.717, 1.165) is 23.4 Å². The molecule has 1 fully saturated rings. The molecule has 0 radical (unpaired) electrons. The second-order valence-corrected chi connectivity index (χ2v) is 6.82. The molecule has 6 heteroatoms. The summed E-state index contributed by atoms with van der Waals surface area (Å²) >= 11 is 3.10. The monoisotopic (exact) mass is 308 g/mol. The number of hydrogen-bond acceptors (Lipinski definition) is 5. The summed E-state index contributed by atoms with van der Waals surface area (Å²) in [5.74, 6) is -0.0801. The molecule has 3 heterocycles. The third-order valence-electron chi connectivity index (χ3n) is 3.46. The highest BCUT2D eigenvalue weighted by atomic mass is 32.1. The molecule has 1 amide bonds. The molecule has 0 atom stereocenters. The number of amides is 1. The second-order valence-electron chi connectivity index (χ2n) is 5.19. The van der Waals surface area contributed by atoms with Crippen LogP contribution in [0.5, 0.6) is 0 Å². The van der Waals surface area contributed by atoms with Crippen molar-refractivity contribution < 1.29 is 9.90 Å². The first-order valence-electron chi connectivity index (χ1n) is 6.61. The Labute approximate surface area is 125 Å². The molecule has 3 rings (SSSR count). The van der Waals surface area contributed by atoms with Gasteiger partial charge in [0.05, 0.1) is 18.7 Å². The molecular weight excluding hydrogens is 292 g/mol. The fourth-order valence-corrected chi connectivity index (χ4v) is 3.99. The van der Waals surface area contributed by atoms with Crippen molar-refractivity contribution in [3.63, 3.8) is 0 Å². The standard InChI is InChI=1S/C14H16N2O2S2/c1-2-4-14(18)8-16(9-14)13(17)11-7-20-12(15-11)10-3-5-19-6-10/h3,5-7,18H,2,4,8-9H2,1H3. The average molecular weight is 308 g/mol. The third kappa shape index (κ3) is 2.51. The van der Waals surface area contributed by atoms with Gasteiger partial charge in [-0.2, -0.15) is 11.3 Å². The lowest BCUT2D eigenvalue weighted by Gasteiger charge is -2.46. The maximum atomic E-state index is 12.3. The minimum atomic E-state index is -0.684. The molecule has 0 unspecified atom stereocenters. The van der Waals surface area contributed by atoms with Crippen molar-refractivity contribution >= 4 is 28.6 Å². The zero-order chi connectivity index (χ0) is 14.2. The number of aliphatic hydroxyl groups is 1. The van der Waals surface area contributed by atoms with Crippen molar-refractivity contribution in [3.8, 4) is 10.6 Å². The summed E-state index contributed by atoms with van der Waals surface area (Å²) < 4.78 is 0. The fraction of sp³-hybridized carbons (Fsp3) is 0.429. The number of carbonyl (C=O) groups excluding carboxylic acids is 1.